The van der Waals surface area contributed by atoms with E-state index >= 15 is 0 Å². The number of benzene rings is 2. The summed E-state index contributed by atoms with van der Waals surface area (Å²) in [6, 6.07) is 12.2. The van der Waals surface area contributed by atoms with Gasteiger partial charge in [-0.05, 0) is 41.7 Å². The summed E-state index contributed by atoms with van der Waals surface area (Å²) in [6.45, 7) is 0. The molecule has 0 fully saturated rings. The number of rotatable bonds is 4. The molecule has 1 amide bonds. The summed E-state index contributed by atoms with van der Waals surface area (Å²) < 4.78 is 0. The van der Waals surface area contributed by atoms with Crippen molar-refractivity contribution in [2.45, 2.75) is 25.3 Å². The number of carboxylic acids is 1. The lowest BCUT2D eigenvalue weighted by Gasteiger charge is -2.21. The van der Waals surface area contributed by atoms with Gasteiger partial charge < -0.3 is 10.4 Å². The molecule has 2 N–H and O–H groups in total. The fourth-order valence-corrected chi connectivity index (χ4v) is 2.97. The lowest BCUT2D eigenvalue weighted by atomic mass is 9.93. The highest BCUT2D eigenvalue weighted by atomic mass is 16.4. The van der Waals surface area contributed by atoms with Crippen LogP contribution < -0.4 is 5.32 Å². The Balaban J connectivity index is 1.83. The predicted molar refractivity (Wildman–Crippen MR) is 88.9 cm³/mol. The Labute approximate surface area is 134 Å². The van der Waals surface area contributed by atoms with Crippen LogP contribution in [-0.2, 0) is 9.59 Å². The summed E-state index contributed by atoms with van der Waals surface area (Å²) >= 11 is 0. The van der Waals surface area contributed by atoms with Gasteiger partial charge in [-0.15, -0.1) is 0 Å². The highest BCUT2D eigenvalue weighted by Gasteiger charge is 2.26. The molecule has 0 heterocycles. The van der Waals surface area contributed by atoms with Crippen molar-refractivity contribution in [3.05, 3.63) is 60.2 Å². The van der Waals surface area contributed by atoms with Gasteiger partial charge in [-0.25, -0.2) is 4.79 Å². The van der Waals surface area contributed by atoms with E-state index in [1.165, 1.54) is 0 Å². The summed E-state index contributed by atoms with van der Waals surface area (Å²) in [4.78, 5) is 24.0. The van der Waals surface area contributed by atoms with Crippen LogP contribution in [0.4, 0.5) is 0 Å². The molecule has 118 valence electrons. The molecule has 0 aliphatic heterocycles. The van der Waals surface area contributed by atoms with Crippen LogP contribution in [-0.4, -0.2) is 17.0 Å². The number of hydrogen-bond donors (Lipinski definition) is 2. The van der Waals surface area contributed by atoms with Crippen molar-refractivity contribution in [2.75, 3.05) is 0 Å². The van der Waals surface area contributed by atoms with E-state index in [-0.39, 0.29) is 11.8 Å². The largest absolute Gasteiger partial charge is 0.479 e. The van der Waals surface area contributed by atoms with Gasteiger partial charge in [0, 0.05) is 5.92 Å². The van der Waals surface area contributed by atoms with Crippen LogP contribution in [0.25, 0.3) is 10.8 Å². The fraction of sp³-hybridized carbons (Fsp3) is 0.263. The Morgan fingerprint density at radius 1 is 1.09 bits per heavy atom. The topological polar surface area (TPSA) is 66.4 Å². The number of amides is 1. The Bertz CT molecular complexity index is 766. The van der Waals surface area contributed by atoms with Crippen molar-refractivity contribution >= 4 is 22.6 Å². The van der Waals surface area contributed by atoms with Gasteiger partial charge in [-0.2, -0.15) is 0 Å². The summed E-state index contributed by atoms with van der Waals surface area (Å²) in [6.07, 6.45) is 6.36. The van der Waals surface area contributed by atoms with Gasteiger partial charge in [0.05, 0.1) is 0 Å². The first-order valence-electron chi connectivity index (χ1n) is 7.82. The maximum Gasteiger partial charge on any atom is 0.330 e. The lowest BCUT2D eigenvalue weighted by molar-refractivity contribution is -0.142. The van der Waals surface area contributed by atoms with Crippen LogP contribution in [0.2, 0.25) is 0 Å². The molecule has 4 nitrogen and oxygen atoms in total. The van der Waals surface area contributed by atoms with Crippen LogP contribution in [0.5, 0.6) is 0 Å². The zero-order valence-corrected chi connectivity index (χ0v) is 12.7. The average molecular weight is 309 g/mol. The molecule has 23 heavy (non-hydrogen) atoms. The minimum absolute atomic E-state index is 0.137. The maximum absolute atomic E-state index is 12.3. The van der Waals surface area contributed by atoms with Crippen LogP contribution in [0.1, 0.15) is 30.9 Å². The molecule has 0 spiro atoms. The first kappa shape index (κ1) is 15.3. The molecule has 0 aromatic heterocycles. The second kappa shape index (κ2) is 6.65. The molecule has 1 aliphatic carbocycles. The van der Waals surface area contributed by atoms with Crippen LogP contribution in [0.3, 0.4) is 0 Å². The van der Waals surface area contributed by atoms with E-state index in [4.69, 9.17) is 0 Å². The fourth-order valence-electron chi connectivity index (χ4n) is 2.97. The van der Waals surface area contributed by atoms with Crippen molar-refractivity contribution in [3.8, 4) is 0 Å². The quantitative estimate of drug-likeness (QED) is 0.850. The normalized spacial score (nSPS) is 18.5. The first-order chi connectivity index (χ1) is 11.1. The smallest absolute Gasteiger partial charge is 0.330 e. The summed E-state index contributed by atoms with van der Waals surface area (Å²) in [5.74, 6) is -1.36. The maximum atomic E-state index is 12.3. The van der Waals surface area contributed by atoms with Crippen molar-refractivity contribution < 1.29 is 14.7 Å². The Kier molecular flexibility index (Phi) is 4.42. The minimum atomic E-state index is -1.04. The van der Waals surface area contributed by atoms with E-state index in [2.05, 4.69) is 11.4 Å². The molecule has 4 heteroatoms. The minimum Gasteiger partial charge on any atom is -0.479 e. The summed E-state index contributed by atoms with van der Waals surface area (Å²) in [5, 5.41) is 14.2. The van der Waals surface area contributed by atoms with Gasteiger partial charge in [0.25, 0.3) is 0 Å². The third-order valence-corrected chi connectivity index (χ3v) is 4.28. The molecular weight excluding hydrogens is 290 g/mol. The zero-order valence-electron chi connectivity index (χ0n) is 12.7. The van der Waals surface area contributed by atoms with E-state index < -0.39 is 12.0 Å². The molecule has 2 atom stereocenters. The molecule has 0 bridgehead atoms. The zero-order chi connectivity index (χ0) is 16.2. The number of nitrogens with one attached hydrogen (secondary N) is 1. The molecule has 2 unspecified atom stereocenters. The molecule has 0 radical (unpaired) electrons. The molecule has 0 saturated carbocycles. The van der Waals surface area contributed by atoms with E-state index in [9.17, 15) is 14.7 Å². The predicted octanol–water partition coefficient (Wildman–Crippen LogP) is 3.44. The Morgan fingerprint density at radius 2 is 1.87 bits per heavy atom. The molecular formula is C19H19NO3. The number of allylic oxidation sites excluding steroid dienone is 2. The van der Waals surface area contributed by atoms with E-state index in [0.717, 1.165) is 23.6 Å². The molecule has 1 aliphatic rings. The van der Waals surface area contributed by atoms with Crippen LogP contribution in [0, 0.1) is 5.92 Å². The molecule has 2 aromatic rings. The number of carboxylic acid groups (broad SMARTS) is 1. The van der Waals surface area contributed by atoms with E-state index in [1.807, 2.05) is 42.5 Å². The summed E-state index contributed by atoms with van der Waals surface area (Å²) in [5.41, 5.74) is 0.593. The average Bonchev–Trinajstić information content (AvgIpc) is 2.59. The van der Waals surface area contributed by atoms with Crippen molar-refractivity contribution in [3.63, 3.8) is 0 Å². The van der Waals surface area contributed by atoms with Crippen molar-refractivity contribution in [1.82, 2.24) is 5.32 Å². The second-order valence-corrected chi connectivity index (χ2v) is 5.87. The van der Waals surface area contributed by atoms with E-state index in [0.29, 0.717) is 12.0 Å². The lowest BCUT2D eigenvalue weighted by Crippen LogP contribution is -2.38. The molecule has 2 aromatic carbocycles. The number of carbonyl (C=O) groups is 2. The van der Waals surface area contributed by atoms with Gasteiger partial charge >= 0.3 is 5.97 Å². The number of hydrogen-bond acceptors (Lipinski definition) is 2. The monoisotopic (exact) mass is 309 g/mol. The third-order valence-electron chi connectivity index (χ3n) is 4.28. The Morgan fingerprint density at radius 3 is 2.57 bits per heavy atom. The van der Waals surface area contributed by atoms with Gasteiger partial charge in [-0.3, -0.25) is 4.79 Å². The van der Waals surface area contributed by atoms with Crippen LogP contribution >= 0.6 is 0 Å². The molecule has 3 rings (SSSR count). The van der Waals surface area contributed by atoms with Crippen molar-refractivity contribution in [2.24, 2.45) is 5.92 Å². The molecule has 0 saturated heterocycles. The second-order valence-electron chi connectivity index (χ2n) is 5.87. The highest BCUT2D eigenvalue weighted by Crippen LogP contribution is 2.23. The first-order valence-corrected chi connectivity index (χ1v) is 7.82. The standard InChI is InChI=1S/C19H19NO3/c21-18(14-7-2-1-3-8-14)20-17(19(22)23)16-11-10-13-6-4-5-9-15(13)12-16/h1-2,4-6,9-12,14,17H,3,7-8H2,(H,20,21)(H,22,23). The third kappa shape index (κ3) is 3.42. The number of aliphatic carboxylic acids is 1. The number of carbonyl (C=O) groups excluding carboxylic acids is 1. The Hall–Kier alpha value is -2.62. The van der Waals surface area contributed by atoms with E-state index in [1.54, 1.807) is 6.07 Å². The van der Waals surface area contributed by atoms with Crippen molar-refractivity contribution in [1.29, 1.82) is 0 Å². The number of fused-ring (bicyclic) bond motifs is 1. The van der Waals surface area contributed by atoms with Crippen LogP contribution in [0.15, 0.2) is 54.6 Å². The summed E-state index contributed by atoms with van der Waals surface area (Å²) in [7, 11) is 0. The van der Waals surface area contributed by atoms with Gasteiger partial charge in [0.15, 0.2) is 6.04 Å². The van der Waals surface area contributed by atoms with Gasteiger partial charge in [0.1, 0.15) is 0 Å². The van der Waals surface area contributed by atoms with Gasteiger partial charge in [0.2, 0.25) is 5.91 Å². The SMILES string of the molecule is O=C(NC(C(=O)O)c1ccc2ccccc2c1)C1CC=CCC1. The van der Waals surface area contributed by atoms with Gasteiger partial charge in [-0.1, -0.05) is 48.6 Å². The highest BCUT2D eigenvalue weighted by molar-refractivity contribution is 5.88.